The summed E-state index contributed by atoms with van der Waals surface area (Å²) in [5.41, 5.74) is 14.4. The molecule has 0 bridgehead atoms. The second-order valence-electron chi connectivity index (χ2n) is 2.89. The summed E-state index contributed by atoms with van der Waals surface area (Å²) in [7, 11) is -3.20. The molecule has 0 heterocycles. The maximum atomic E-state index is 10.1. The molecule has 0 aromatic carbocycles. The highest BCUT2D eigenvalue weighted by Crippen LogP contribution is 1.80. The van der Waals surface area contributed by atoms with Crippen LogP contribution in [0.1, 0.15) is 12.8 Å². The zero-order valence-electron chi connectivity index (χ0n) is 8.60. The second kappa shape index (κ2) is 8.18. The van der Waals surface area contributed by atoms with Crippen molar-refractivity contribution in [2.75, 3.05) is 18.6 Å². The summed E-state index contributed by atoms with van der Waals surface area (Å²) in [6.07, 6.45) is 2.07. The van der Waals surface area contributed by atoms with E-state index in [-0.39, 0.29) is 5.91 Å². The van der Waals surface area contributed by atoms with Crippen molar-refractivity contribution in [1.29, 1.82) is 0 Å². The molecule has 0 saturated carbocycles. The van der Waals surface area contributed by atoms with E-state index in [0.29, 0.717) is 19.4 Å². The van der Waals surface area contributed by atoms with Crippen molar-refractivity contribution in [3.05, 3.63) is 0 Å². The Kier molecular flexibility index (Phi) is 8.88. The van der Waals surface area contributed by atoms with Crippen molar-refractivity contribution in [3.8, 4) is 0 Å². The van der Waals surface area contributed by atoms with Gasteiger partial charge in [-0.25, -0.2) is 8.42 Å². The molecule has 0 aliphatic rings. The van der Waals surface area contributed by atoms with Gasteiger partial charge in [-0.05, 0) is 13.0 Å². The third-order valence-electron chi connectivity index (χ3n) is 1.03. The molecule has 0 fully saturated rings. The zero-order valence-corrected chi connectivity index (χ0v) is 9.42. The van der Waals surface area contributed by atoms with E-state index in [1.54, 1.807) is 0 Å². The minimum Gasteiger partial charge on any atom is -0.370 e. The first kappa shape index (κ1) is 16.3. The van der Waals surface area contributed by atoms with E-state index >= 15 is 0 Å². The summed E-state index contributed by atoms with van der Waals surface area (Å²) in [4.78, 5) is 19.8. The number of rotatable bonds is 5. The monoisotopic (exact) mass is 239 g/mol. The Bertz CT molecular complexity index is 299. The lowest BCUT2D eigenvalue weighted by Gasteiger charge is -1.87. The molecule has 0 atom stereocenters. The van der Waals surface area contributed by atoms with Crippen LogP contribution in [0.5, 0.6) is 0 Å². The van der Waals surface area contributed by atoms with Crippen LogP contribution in [0.3, 0.4) is 0 Å². The van der Waals surface area contributed by atoms with Crippen LogP contribution in [0.25, 0.3) is 0 Å². The number of amides is 2. The van der Waals surface area contributed by atoms with Gasteiger partial charge in [0, 0.05) is 12.7 Å². The molecule has 0 aliphatic heterocycles. The highest BCUT2D eigenvalue weighted by Gasteiger charge is 2.04. The number of carbonyl (C=O) groups is 2. The van der Waals surface area contributed by atoms with Gasteiger partial charge in [-0.3, -0.25) is 9.59 Å². The smallest absolute Gasteiger partial charge is 0.232 e. The number of carbonyl (C=O) groups excluding carboxylic acids is 2. The highest BCUT2D eigenvalue weighted by molar-refractivity contribution is 7.91. The highest BCUT2D eigenvalue weighted by atomic mass is 32.2. The molecule has 0 aliphatic carbocycles. The SMILES string of the molecule is CS(=O)(=O)CC(N)=O.NCCCC(N)=O. The number of nitrogens with two attached hydrogens (primary N) is 3. The van der Waals surface area contributed by atoms with Gasteiger partial charge in [-0.2, -0.15) is 0 Å². The third kappa shape index (κ3) is 24.5. The largest absolute Gasteiger partial charge is 0.370 e. The fraction of sp³-hybridized carbons (Fsp3) is 0.714. The molecule has 6 N–H and O–H groups in total. The second-order valence-corrected chi connectivity index (χ2v) is 5.04. The Hall–Kier alpha value is -1.15. The van der Waals surface area contributed by atoms with E-state index in [9.17, 15) is 18.0 Å². The average Bonchev–Trinajstić information content (AvgIpc) is 1.96. The van der Waals surface area contributed by atoms with Crippen molar-refractivity contribution in [1.82, 2.24) is 0 Å². The van der Waals surface area contributed by atoms with Crippen LogP contribution in [-0.4, -0.2) is 38.8 Å². The van der Waals surface area contributed by atoms with Crippen LogP contribution < -0.4 is 17.2 Å². The van der Waals surface area contributed by atoms with Gasteiger partial charge >= 0.3 is 0 Å². The molecular formula is C7H17N3O4S. The summed E-state index contributed by atoms with van der Waals surface area (Å²) in [5.74, 6) is -1.65. The minimum absolute atomic E-state index is 0.273. The van der Waals surface area contributed by atoms with Gasteiger partial charge in [-0.1, -0.05) is 0 Å². The van der Waals surface area contributed by atoms with Gasteiger partial charge in [0.1, 0.15) is 5.75 Å². The first-order valence-corrected chi connectivity index (χ1v) is 6.19. The lowest BCUT2D eigenvalue weighted by atomic mass is 10.3. The van der Waals surface area contributed by atoms with E-state index < -0.39 is 21.5 Å². The number of sulfone groups is 1. The standard InChI is InChI=1S/C4H10N2O.C3H7NO3S/c5-3-1-2-4(6)7;1-8(6,7)2-3(4)5/h1-3,5H2,(H2,6,7);2H2,1H3,(H2,4,5). The Morgan fingerprint density at radius 1 is 1.13 bits per heavy atom. The summed E-state index contributed by atoms with van der Waals surface area (Å²) in [5, 5.41) is 0. The Morgan fingerprint density at radius 3 is 1.67 bits per heavy atom. The van der Waals surface area contributed by atoms with Crippen molar-refractivity contribution in [3.63, 3.8) is 0 Å². The predicted octanol–water partition coefficient (Wildman–Crippen LogP) is -2.27. The van der Waals surface area contributed by atoms with E-state index in [2.05, 4.69) is 5.73 Å². The maximum Gasteiger partial charge on any atom is 0.232 e. The lowest BCUT2D eigenvalue weighted by molar-refractivity contribution is -0.118. The molecule has 8 heteroatoms. The zero-order chi connectivity index (χ0) is 12.5. The molecule has 7 nitrogen and oxygen atoms in total. The minimum atomic E-state index is -3.20. The molecule has 0 spiro atoms. The van der Waals surface area contributed by atoms with Gasteiger partial charge in [0.05, 0.1) is 0 Å². The van der Waals surface area contributed by atoms with Crippen LogP contribution >= 0.6 is 0 Å². The van der Waals surface area contributed by atoms with Gasteiger partial charge in [0.15, 0.2) is 9.84 Å². The van der Waals surface area contributed by atoms with Gasteiger partial charge in [0.2, 0.25) is 11.8 Å². The van der Waals surface area contributed by atoms with Crippen molar-refractivity contribution in [2.45, 2.75) is 12.8 Å². The topological polar surface area (TPSA) is 146 Å². The van der Waals surface area contributed by atoms with Crippen LogP contribution in [-0.2, 0) is 19.4 Å². The number of hydrogen-bond donors (Lipinski definition) is 3. The van der Waals surface area contributed by atoms with Crippen LogP contribution in [0.15, 0.2) is 0 Å². The molecule has 0 unspecified atom stereocenters. The van der Waals surface area contributed by atoms with Gasteiger partial charge in [0.25, 0.3) is 0 Å². The van der Waals surface area contributed by atoms with Gasteiger partial charge in [-0.15, -0.1) is 0 Å². The first-order valence-electron chi connectivity index (χ1n) is 4.13. The number of hydrogen-bond acceptors (Lipinski definition) is 5. The molecular weight excluding hydrogens is 222 g/mol. The molecule has 90 valence electrons. The van der Waals surface area contributed by atoms with Crippen LogP contribution in [0, 0.1) is 0 Å². The van der Waals surface area contributed by atoms with Crippen molar-refractivity contribution < 1.29 is 18.0 Å². The molecule has 15 heavy (non-hydrogen) atoms. The fourth-order valence-electron chi connectivity index (χ4n) is 0.535. The van der Waals surface area contributed by atoms with E-state index in [0.717, 1.165) is 6.26 Å². The Labute approximate surface area is 88.9 Å². The molecule has 0 rings (SSSR count). The van der Waals surface area contributed by atoms with Crippen LogP contribution in [0.2, 0.25) is 0 Å². The normalized spacial score (nSPS) is 10.0. The molecule has 0 radical (unpaired) electrons. The van der Waals surface area contributed by atoms with E-state index in [1.165, 1.54) is 0 Å². The first-order chi connectivity index (χ1) is 6.69. The van der Waals surface area contributed by atoms with Crippen molar-refractivity contribution >= 4 is 21.7 Å². The quantitative estimate of drug-likeness (QED) is 0.495. The molecule has 0 saturated heterocycles. The Balaban J connectivity index is 0. The van der Waals surface area contributed by atoms with E-state index in [1.807, 2.05) is 0 Å². The van der Waals surface area contributed by atoms with Crippen molar-refractivity contribution in [2.24, 2.45) is 17.2 Å². The third-order valence-corrected chi connectivity index (χ3v) is 1.84. The van der Waals surface area contributed by atoms with E-state index in [4.69, 9.17) is 11.5 Å². The maximum absolute atomic E-state index is 10.1. The van der Waals surface area contributed by atoms with Crippen LogP contribution in [0.4, 0.5) is 0 Å². The summed E-state index contributed by atoms with van der Waals surface area (Å²) in [6.45, 7) is 0.545. The predicted molar refractivity (Wildman–Crippen MR) is 56.4 cm³/mol. The molecule has 0 aromatic rings. The summed E-state index contributed by atoms with van der Waals surface area (Å²) >= 11 is 0. The summed E-state index contributed by atoms with van der Waals surface area (Å²) < 4.78 is 20.3. The number of primary amides is 2. The Morgan fingerprint density at radius 2 is 1.60 bits per heavy atom. The molecule has 2 amide bonds. The fourth-order valence-corrected chi connectivity index (χ4v) is 1.05. The molecule has 0 aromatic heterocycles. The summed E-state index contributed by atoms with van der Waals surface area (Å²) in [6, 6.07) is 0. The average molecular weight is 239 g/mol. The van der Waals surface area contributed by atoms with Gasteiger partial charge < -0.3 is 17.2 Å². The lowest BCUT2D eigenvalue weighted by Crippen LogP contribution is -2.21.